The zero-order valence-electron chi connectivity index (χ0n) is 8.20. The van der Waals surface area contributed by atoms with Crippen LogP contribution in [0.25, 0.3) is 0 Å². The first-order valence-electron chi connectivity index (χ1n) is 3.47. The van der Waals surface area contributed by atoms with Gasteiger partial charge in [0.1, 0.15) is 0 Å². The summed E-state index contributed by atoms with van der Waals surface area (Å²) in [5, 5.41) is 0. The number of nitrogens with zero attached hydrogens (tertiary/aromatic N) is 3. The van der Waals surface area contributed by atoms with Crippen molar-refractivity contribution in [2.75, 3.05) is 42.3 Å². The summed E-state index contributed by atoms with van der Waals surface area (Å²) in [7, 11) is 12.6. The van der Waals surface area contributed by atoms with Crippen LogP contribution in [0, 0.1) is 0 Å². The molecule has 0 aliphatic rings. The summed E-state index contributed by atoms with van der Waals surface area (Å²) in [5.41, 5.74) is 0. The van der Waals surface area contributed by atoms with Gasteiger partial charge in [0, 0.05) is 0 Å². The van der Waals surface area contributed by atoms with E-state index in [-0.39, 0.29) is 0 Å². The summed E-state index contributed by atoms with van der Waals surface area (Å²) in [6, 6.07) is 0. The molecule has 0 aromatic heterocycles. The molecular formula is C6H18N3PSe. The maximum atomic E-state index is 3.28. The van der Waals surface area contributed by atoms with Crippen LogP contribution >= 0.6 is 5.96 Å². The molecule has 0 radical (unpaired) electrons. The van der Waals surface area contributed by atoms with Gasteiger partial charge in [0.15, 0.2) is 0 Å². The van der Waals surface area contributed by atoms with Crippen LogP contribution in [0.5, 0.6) is 0 Å². The van der Waals surface area contributed by atoms with Crippen LogP contribution in [0.15, 0.2) is 0 Å². The topological polar surface area (TPSA) is 9.72 Å². The van der Waals surface area contributed by atoms with E-state index in [0.717, 1.165) is 0 Å². The second-order valence-electron chi connectivity index (χ2n) is 3.05. The molecule has 0 spiro atoms. The normalized spacial score (nSPS) is 13.5. The Morgan fingerprint density at radius 2 is 0.909 bits per heavy atom. The van der Waals surface area contributed by atoms with E-state index in [1.165, 1.54) is 0 Å². The minimum atomic E-state index is -1.31. The molecule has 0 aliphatic heterocycles. The molecule has 0 saturated carbocycles. The molecule has 0 aromatic carbocycles. The van der Waals surface area contributed by atoms with E-state index in [4.69, 9.17) is 0 Å². The molecule has 0 fully saturated rings. The van der Waals surface area contributed by atoms with E-state index in [2.05, 4.69) is 71.4 Å². The molecular weight excluding hydrogens is 224 g/mol. The molecule has 0 saturated heterocycles. The summed E-state index contributed by atoms with van der Waals surface area (Å²) in [4.78, 5) is 0. The molecule has 0 aliphatic carbocycles. The van der Waals surface area contributed by atoms with Crippen LogP contribution in [0.1, 0.15) is 0 Å². The predicted octanol–water partition coefficient (Wildman–Crippen LogP) is 0.517. The molecule has 5 heteroatoms. The minimum absolute atomic E-state index is 1.31. The number of rotatable bonds is 3. The Balaban J connectivity index is 4.69. The van der Waals surface area contributed by atoms with E-state index in [0.29, 0.717) is 0 Å². The fraction of sp³-hybridized carbons (Fsp3) is 1.00. The Bertz CT molecular complexity index is 139. The van der Waals surface area contributed by atoms with Gasteiger partial charge in [0.2, 0.25) is 0 Å². The molecule has 0 heterocycles. The van der Waals surface area contributed by atoms with Crippen molar-refractivity contribution < 1.29 is 0 Å². The van der Waals surface area contributed by atoms with Crippen molar-refractivity contribution in [2.24, 2.45) is 0 Å². The van der Waals surface area contributed by atoms with Crippen LogP contribution in [-0.2, 0) is 0 Å². The number of hydrogen-bond donors (Lipinski definition) is 0. The summed E-state index contributed by atoms with van der Waals surface area (Å²) < 4.78 is 6.73. The molecule has 0 atom stereocenters. The quantitative estimate of drug-likeness (QED) is 0.527. The van der Waals surface area contributed by atoms with Gasteiger partial charge in [0.05, 0.1) is 0 Å². The second kappa shape index (κ2) is 4.18. The van der Waals surface area contributed by atoms with Gasteiger partial charge in [-0.15, -0.1) is 0 Å². The Labute approximate surface area is 77.7 Å². The van der Waals surface area contributed by atoms with Crippen molar-refractivity contribution in [1.29, 1.82) is 0 Å². The monoisotopic (exact) mass is 243 g/mol. The van der Waals surface area contributed by atoms with Gasteiger partial charge < -0.3 is 0 Å². The van der Waals surface area contributed by atoms with Gasteiger partial charge >= 0.3 is 77.4 Å². The maximum absolute atomic E-state index is 3.28. The first-order valence-corrected chi connectivity index (χ1v) is 7.33. The second-order valence-corrected chi connectivity index (χ2v) is 9.57. The van der Waals surface area contributed by atoms with Crippen LogP contribution < -0.4 is 0 Å². The number of hydrogen-bond acceptors (Lipinski definition) is 3. The zero-order valence-corrected chi connectivity index (χ0v) is 10.8. The van der Waals surface area contributed by atoms with E-state index in [1.54, 1.807) is 0 Å². The fourth-order valence-electron chi connectivity index (χ4n) is 1.07. The van der Waals surface area contributed by atoms with E-state index in [9.17, 15) is 0 Å². The van der Waals surface area contributed by atoms with Crippen LogP contribution in [0.4, 0.5) is 0 Å². The Morgan fingerprint density at radius 1 is 0.727 bits per heavy atom. The Morgan fingerprint density at radius 3 is 0.909 bits per heavy atom. The van der Waals surface area contributed by atoms with Gasteiger partial charge in [-0.1, -0.05) is 0 Å². The molecule has 11 heavy (non-hydrogen) atoms. The average Bonchev–Trinajstić information content (AvgIpc) is 1.84. The third-order valence-electron chi connectivity index (χ3n) is 1.56. The molecule has 0 rings (SSSR count). The molecule has 0 amide bonds. The van der Waals surface area contributed by atoms with E-state index >= 15 is 0 Å². The van der Waals surface area contributed by atoms with Crippen molar-refractivity contribution in [3.8, 4) is 0 Å². The Kier molecular flexibility index (Phi) is 4.49. The van der Waals surface area contributed by atoms with Gasteiger partial charge in [-0.05, 0) is 0 Å². The van der Waals surface area contributed by atoms with Gasteiger partial charge in [0.25, 0.3) is 0 Å². The average molecular weight is 242 g/mol. The Hall–Kier alpha value is 0.829. The summed E-state index contributed by atoms with van der Waals surface area (Å²) >= 11 is 3.28. The third-order valence-corrected chi connectivity index (χ3v) is 10.9. The summed E-state index contributed by atoms with van der Waals surface area (Å²) in [6.07, 6.45) is 0. The molecule has 0 bridgehead atoms. The first-order chi connectivity index (χ1) is 4.83. The third kappa shape index (κ3) is 2.38. The molecule has 68 valence electrons. The zero-order chi connectivity index (χ0) is 9.23. The van der Waals surface area contributed by atoms with Crippen molar-refractivity contribution in [1.82, 2.24) is 14.0 Å². The summed E-state index contributed by atoms with van der Waals surface area (Å²) in [6.45, 7) is 0. The summed E-state index contributed by atoms with van der Waals surface area (Å²) in [5.74, 6) is -1.31. The molecule has 3 nitrogen and oxygen atoms in total. The molecule has 0 aromatic rings. The van der Waals surface area contributed by atoms with Gasteiger partial charge in [-0.2, -0.15) is 0 Å². The standard InChI is InChI=1S/C6H18N3PSe/c1-7(2)10(11,8(3)4)9(5)6/h1-6H3. The van der Waals surface area contributed by atoms with Gasteiger partial charge in [-0.25, -0.2) is 0 Å². The van der Waals surface area contributed by atoms with Crippen LogP contribution in [0.3, 0.4) is 0 Å². The predicted molar refractivity (Wildman–Crippen MR) is 53.7 cm³/mol. The first kappa shape index (κ1) is 11.8. The van der Waals surface area contributed by atoms with Crippen LogP contribution in [-0.4, -0.2) is 71.4 Å². The van der Waals surface area contributed by atoms with Crippen LogP contribution in [0.2, 0.25) is 0 Å². The van der Waals surface area contributed by atoms with E-state index < -0.39 is 5.96 Å². The van der Waals surface area contributed by atoms with Crippen molar-refractivity contribution >= 4 is 21.1 Å². The molecule has 0 unspecified atom stereocenters. The van der Waals surface area contributed by atoms with Gasteiger partial charge in [-0.3, -0.25) is 0 Å². The molecule has 0 N–H and O–H groups in total. The fourth-order valence-corrected chi connectivity index (χ4v) is 3.22. The van der Waals surface area contributed by atoms with E-state index in [1.807, 2.05) is 0 Å². The van der Waals surface area contributed by atoms with Crippen molar-refractivity contribution in [3.05, 3.63) is 0 Å². The van der Waals surface area contributed by atoms with Crippen molar-refractivity contribution in [2.45, 2.75) is 0 Å². The van der Waals surface area contributed by atoms with Crippen molar-refractivity contribution in [3.63, 3.8) is 0 Å². The SMILES string of the molecule is CN(C)P(=[Se])(N(C)C)N(C)C.